The fraction of sp³-hybridized carbons (Fsp3) is 0. The molecule has 0 aliphatic carbocycles. The Morgan fingerprint density at radius 1 is 0.373 bits per heavy atom. The molecule has 0 saturated carbocycles. The van der Waals surface area contributed by atoms with Crippen LogP contribution in [0.3, 0.4) is 0 Å². The molecular formula is C48H30N2S. The van der Waals surface area contributed by atoms with E-state index in [0.717, 1.165) is 17.1 Å². The van der Waals surface area contributed by atoms with E-state index in [4.69, 9.17) is 0 Å². The Kier molecular flexibility index (Phi) is 6.16. The van der Waals surface area contributed by atoms with Gasteiger partial charge in [0.25, 0.3) is 0 Å². The van der Waals surface area contributed by atoms with Gasteiger partial charge in [0.1, 0.15) is 0 Å². The number of hydrogen-bond acceptors (Lipinski definition) is 2. The second kappa shape index (κ2) is 11.0. The average molecular weight is 667 g/mol. The summed E-state index contributed by atoms with van der Waals surface area (Å²) in [5, 5.41) is 7.69. The van der Waals surface area contributed by atoms with Crippen LogP contribution < -0.4 is 4.90 Å². The lowest BCUT2D eigenvalue weighted by Crippen LogP contribution is -2.11. The fourth-order valence-electron chi connectivity index (χ4n) is 8.26. The maximum absolute atomic E-state index is 2.50. The van der Waals surface area contributed by atoms with Crippen molar-refractivity contribution in [1.29, 1.82) is 0 Å². The summed E-state index contributed by atoms with van der Waals surface area (Å²) in [6.07, 6.45) is 0. The van der Waals surface area contributed by atoms with E-state index in [1.807, 2.05) is 11.3 Å². The van der Waals surface area contributed by atoms with Crippen LogP contribution in [0.15, 0.2) is 182 Å². The minimum atomic E-state index is 1.12. The highest BCUT2D eigenvalue weighted by atomic mass is 32.1. The quantitative estimate of drug-likeness (QED) is 0.177. The molecule has 11 aromatic rings. The molecule has 0 saturated heterocycles. The minimum Gasteiger partial charge on any atom is -0.310 e. The first kappa shape index (κ1) is 28.4. The van der Waals surface area contributed by atoms with Crippen molar-refractivity contribution >= 4 is 86.7 Å². The van der Waals surface area contributed by atoms with E-state index >= 15 is 0 Å². The monoisotopic (exact) mass is 666 g/mol. The van der Waals surface area contributed by atoms with Crippen LogP contribution in [0.5, 0.6) is 0 Å². The molecule has 0 unspecified atom stereocenters. The van der Waals surface area contributed by atoms with Gasteiger partial charge in [-0.05, 0) is 82.9 Å². The predicted octanol–water partition coefficient (Wildman–Crippen LogP) is 14.0. The van der Waals surface area contributed by atoms with Crippen molar-refractivity contribution in [3.63, 3.8) is 0 Å². The first-order valence-corrected chi connectivity index (χ1v) is 18.3. The number of aromatic nitrogens is 1. The third-order valence-corrected chi connectivity index (χ3v) is 11.6. The number of fused-ring (bicyclic) bond motifs is 9. The molecule has 11 rings (SSSR count). The van der Waals surface area contributed by atoms with Gasteiger partial charge in [-0.3, -0.25) is 0 Å². The molecule has 0 N–H and O–H groups in total. The van der Waals surface area contributed by atoms with E-state index in [2.05, 4.69) is 191 Å². The van der Waals surface area contributed by atoms with Gasteiger partial charge < -0.3 is 9.30 Å². The molecule has 0 radical (unpaired) electrons. The van der Waals surface area contributed by atoms with E-state index in [9.17, 15) is 0 Å². The van der Waals surface area contributed by atoms with Crippen molar-refractivity contribution in [2.24, 2.45) is 0 Å². The Balaban J connectivity index is 1.26. The number of benzene rings is 8. The maximum Gasteiger partial charge on any atom is 0.0621 e. The molecule has 0 amide bonds. The summed E-state index contributed by atoms with van der Waals surface area (Å²) in [4.78, 5) is 2.50. The van der Waals surface area contributed by atoms with Gasteiger partial charge in [-0.2, -0.15) is 0 Å². The van der Waals surface area contributed by atoms with Gasteiger partial charge in [-0.1, -0.05) is 121 Å². The molecule has 3 aromatic heterocycles. The molecule has 3 heterocycles. The number of thiophene rings is 1. The first-order chi connectivity index (χ1) is 25.3. The zero-order chi connectivity index (χ0) is 33.5. The van der Waals surface area contributed by atoms with Crippen LogP contribution in [-0.4, -0.2) is 4.40 Å². The first-order valence-electron chi connectivity index (χ1n) is 17.4. The molecule has 0 fully saturated rings. The van der Waals surface area contributed by atoms with E-state index in [0.29, 0.717) is 0 Å². The van der Waals surface area contributed by atoms with E-state index in [1.165, 1.54) is 80.5 Å². The van der Waals surface area contributed by atoms with Crippen LogP contribution in [0.25, 0.3) is 80.5 Å². The summed E-state index contributed by atoms with van der Waals surface area (Å²) in [6, 6.07) is 66.8. The maximum atomic E-state index is 2.50. The second-order valence-corrected chi connectivity index (χ2v) is 14.4. The lowest BCUT2D eigenvalue weighted by molar-refractivity contribution is 1.30. The Labute approximate surface area is 299 Å². The lowest BCUT2D eigenvalue weighted by Gasteiger charge is -2.28. The molecule has 2 nitrogen and oxygen atoms in total. The average Bonchev–Trinajstić information content (AvgIpc) is 3.86. The number of hydrogen-bond donors (Lipinski definition) is 0. The zero-order valence-corrected chi connectivity index (χ0v) is 28.4. The van der Waals surface area contributed by atoms with Crippen LogP contribution in [0.4, 0.5) is 17.1 Å². The van der Waals surface area contributed by atoms with Crippen molar-refractivity contribution < 1.29 is 0 Å². The second-order valence-electron chi connectivity index (χ2n) is 13.3. The Morgan fingerprint density at radius 3 is 1.76 bits per heavy atom. The van der Waals surface area contributed by atoms with Crippen LogP contribution in [0.1, 0.15) is 0 Å². The standard InChI is InChI=1S/C48H30N2S/c1-3-13-31(14-4-1)33-27-34(32-15-5-2-6-16-32)29-36(28-33)49(35-25-26-46-41(30-35)38-18-8-10-24-45(38)51-46)43-22-12-23-44-47(43)40-20-11-19-39-37-17-7-9-21-42(37)50(44)48(39)40/h1-30H. The fourth-order valence-corrected chi connectivity index (χ4v) is 9.35. The number of para-hydroxylation sites is 2. The Bertz CT molecular complexity index is 3020. The predicted molar refractivity (Wildman–Crippen MR) is 220 cm³/mol. The van der Waals surface area contributed by atoms with Gasteiger partial charge in [-0.15, -0.1) is 11.3 Å². The van der Waals surface area contributed by atoms with Gasteiger partial charge in [0, 0.05) is 53.1 Å². The normalized spacial score (nSPS) is 11.9. The highest BCUT2D eigenvalue weighted by Gasteiger charge is 2.24. The van der Waals surface area contributed by atoms with Crippen LogP contribution in [0.2, 0.25) is 0 Å². The summed E-state index contributed by atoms with van der Waals surface area (Å²) in [5.41, 5.74) is 11.9. The summed E-state index contributed by atoms with van der Waals surface area (Å²) in [7, 11) is 0. The van der Waals surface area contributed by atoms with E-state index in [1.54, 1.807) is 0 Å². The topological polar surface area (TPSA) is 7.65 Å². The highest BCUT2D eigenvalue weighted by Crippen LogP contribution is 2.48. The highest BCUT2D eigenvalue weighted by molar-refractivity contribution is 7.25. The minimum absolute atomic E-state index is 1.12. The Morgan fingerprint density at radius 2 is 0.980 bits per heavy atom. The van der Waals surface area contributed by atoms with E-state index in [-0.39, 0.29) is 0 Å². The van der Waals surface area contributed by atoms with Crippen LogP contribution in [-0.2, 0) is 0 Å². The molecule has 0 atom stereocenters. The summed E-state index contributed by atoms with van der Waals surface area (Å²) >= 11 is 1.86. The molecule has 0 spiro atoms. The van der Waals surface area contributed by atoms with Crippen molar-refractivity contribution in [2.75, 3.05) is 4.90 Å². The van der Waals surface area contributed by atoms with Crippen molar-refractivity contribution in [1.82, 2.24) is 4.40 Å². The van der Waals surface area contributed by atoms with Gasteiger partial charge >= 0.3 is 0 Å². The third kappa shape index (κ3) is 4.29. The molecule has 51 heavy (non-hydrogen) atoms. The van der Waals surface area contributed by atoms with Gasteiger partial charge in [0.15, 0.2) is 0 Å². The molecule has 238 valence electrons. The third-order valence-electron chi connectivity index (χ3n) is 10.5. The number of rotatable bonds is 5. The van der Waals surface area contributed by atoms with Crippen LogP contribution >= 0.6 is 11.3 Å². The SMILES string of the molecule is c1ccc(-c2cc(-c3ccccc3)cc(N(c3ccc4sc5ccccc5c4c3)c3cccc4c3c3cccc5c6ccccc6n4c53)c2)cc1. The summed E-state index contributed by atoms with van der Waals surface area (Å²) in [5.74, 6) is 0. The van der Waals surface area contributed by atoms with Crippen LogP contribution in [0, 0.1) is 0 Å². The van der Waals surface area contributed by atoms with Gasteiger partial charge in [0.05, 0.1) is 22.2 Å². The zero-order valence-electron chi connectivity index (χ0n) is 27.6. The molecule has 0 aliphatic rings. The summed E-state index contributed by atoms with van der Waals surface area (Å²) < 4.78 is 5.09. The lowest BCUT2D eigenvalue weighted by atomic mass is 9.97. The van der Waals surface area contributed by atoms with Crippen molar-refractivity contribution in [3.05, 3.63) is 182 Å². The molecule has 0 aliphatic heterocycles. The smallest absolute Gasteiger partial charge is 0.0621 e. The molecule has 8 aromatic carbocycles. The number of anilines is 3. The Hall–Kier alpha value is -6.42. The summed E-state index contributed by atoms with van der Waals surface area (Å²) in [6.45, 7) is 0. The van der Waals surface area contributed by atoms with Gasteiger partial charge in [0.2, 0.25) is 0 Å². The molecule has 3 heteroatoms. The van der Waals surface area contributed by atoms with Crippen molar-refractivity contribution in [3.8, 4) is 22.3 Å². The van der Waals surface area contributed by atoms with Gasteiger partial charge in [-0.25, -0.2) is 0 Å². The van der Waals surface area contributed by atoms with E-state index < -0.39 is 0 Å². The molecular weight excluding hydrogens is 637 g/mol. The van der Waals surface area contributed by atoms with Crippen molar-refractivity contribution in [2.45, 2.75) is 0 Å². The number of nitrogens with zero attached hydrogens (tertiary/aromatic N) is 2. The largest absolute Gasteiger partial charge is 0.310 e. The molecule has 0 bridgehead atoms.